The molecule has 4 rings (SSSR count). The molecule has 7 nitrogen and oxygen atoms in total. The molecule has 0 radical (unpaired) electrons. The van der Waals surface area contributed by atoms with Crippen molar-refractivity contribution in [2.45, 2.75) is 43.4 Å². The highest BCUT2D eigenvalue weighted by molar-refractivity contribution is 7.91. The largest absolute Gasteiger partial charge is 0.347 e. The predicted octanol–water partition coefficient (Wildman–Crippen LogP) is 4.43. The van der Waals surface area contributed by atoms with Gasteiger partial charge >= 0.3 is 0 Å². The quantitative estimate of drug-likeness (QED) is 0.529. The van der Waals surface area contributed by atoms with E-state index in [-0.39, 0.29) is 18.4 Å². The van der Waals surface area contributed by atoms with Gasteiger partial charge in [-0.1, -0.05) is 25.4 Å². The van der Waals surface area contributed by atoms with Crippen LogP contribution in [0.25, 0.3) is 5.69 Å². The molecular weight excluding hydrogens is 468 g/mol. The lowest BCUT2D eigenvalue weighted by atomic mass is 10.1. The summed E-state index contributed by atoms with van der Waals surface area (Å²) in [7, 11) is -3.44. The fourth-order valence-electron chi connectivity index (χ4n) is 3.79. The Labute approximate surface area is 197 Å². The molecule has 0 saturated carbocycles. The van der Waals surface area contributed by atoms with Gasteiger partial charge in [-0.15, -0.1) is 11.3 Å². The van der Waals surface area contributed by atoms with E-state index in [2.05, 4.69) is 10.4 Å². The van der Waals surface area contributed by atoms with Crippen molar-refractivity contribution in [1.82, 2.24) is 19.4 Å². The van der Waals surface area contributed by atoms with E-state index in [0.717, 1.165) is 29.1 Å². The number of hydrogen-bond donors (Lipinski definition) is 1. The van der Waals surface area contributed by atoms with Gasteiger partial charge in [-0.3, -0.25) is 4.79 Å². The van der Waals surface area contributed by atoms with Crippen molar-refractivity contribution in [3.8, 4) is 5.69 Å². The number of carbonyl (C=O) groups is 1. The highest BCUT2D eigenvalue weighted by Crippen LogP contribution is 2.28. The molecule has 10 heteroatoms. The van der Waals surface area contributed by atoms with Crippen molar-refractivity contribution in [1.29, 1.82) is 0 Å². The summed E-state index contributed by atoms with van der Waals surface area (Å²) in [5.41, 5.74) is 2.12. The second-order valence-corrected chi connectivity index (χ2v) is 11.8. The Morgan fingerprint density at radius 2 is 1.84 bits per heavy atom. The number of thiophene rings is 1. The number of aromatic nitrogens is 2. The third-order valence-electron chi connectivity index (χ3n) is 5.39. The van der Waals surface area contributed by atoms with E-state index in [9.17, 15) is 13.2 Å². The molecule has 1 aliphatic rings. The Morgan fingerprint density at radius 1 is 1.16 bits per heavy atom. The van der Waals surface area contributed by atoms with Gasteiger partial charge in [0.2, 0.25) is 0 Å². The van der Waals surface area contributed by atoms with E-state index in [0.29, 0.717) is 27.9 Å². The summed E-state index contributed by atoms with van der Waals surface area (Å²) in [5, 5.41) is 7.96. The van der Waals surface area contributed by atoms with Crippen LogP contribution in [0.15, 0.2) is 46.8 Å². The highest BCUT2D eigenvalue weighted by atomic mass is 35.5. The first-order valence-corrected chi connectivity index (χ1v) is 13.1. The normalized spacial score (nSPS) is 14.9. The molecule has 1 saturated heterocycles. The van der Waals surface area contributed by atoms with Crippen LogP contribution in [0.4, 0.5) is 0 Å². The van der Waals surface area contributed by atoms with Crippen LogP contribution < -0.4 is 5.32 Å². The molecule has 1 aliphatic heterocycles. The van der Waals surface area contributed by atoms with Gasteiger partial charge < -0.3 is 5.32 Å². The van der Waals surface area contributed by atoms with Gasteiger partial charge in [0, 0.05) is 23.0 Å². The molecule has 0 unspecified atom stereocenters. The number of benzene rings is 1. The fraction of sp³-hybridized carbons (Fsp3) is 0.364. The third kappa shape index (κ3) is 4.61. The van der Waals surface area contributed by atoms with Crippen molar-refractivity contribution in [3.63, 3.8) is 0 Å². The molecule has 2 aromatic heterocycles. The molecule has 3 heterocycles. The Kier molecular flexibility index (Phi) is 6.71. The van der Waals surface area contributed by atoms with Crippen molar-refractivity contribution in [2.24, 2.45) is 0 Å². The number of halogens is 1. The molecular formula is C22H25ClN4O3S2. The molecule has 3 aromatic rings. The molecule has 1 amide bonds. The first-order valence-electron chi connectivity index (χ1n) is 10.5. The highest BCUT2D eigenvalue weighted by Gasteiger charge is 2.28. The van der Waals surface area contributed by atoms with Crippen LogP contribution >= 0.6 is 22.9 Å². The first-order chi connectivity index (χ1) is 15.3. The monoisotopic (exact) mass is 492 g/mol. The van der Waals surface area contributed by atoms with Crippen molar-refractivity contribution < 1.29 is 13.2 Å². The summed E-state index contributed by atoms with van der Waals surface area (Å²) >= 11 is 7.19. The Balaban J connectivity index is 1.49. The third-order valence-corrected chi connectivity index (χ3v) is 9.09. The molecule has 1 N–H and O–H groups in total. The number of sulfonamides is 1. The molecule has 0 bridgehead atoms. The van der Waals surface area contributed by atoms with Gasteiger partial charge in [0.25, 0.3) is 15.9 Å². The molecule has 1 fully saturated rings. The number of nitrogens with one attached hydrogen (secondary N) is 1. The Hall–Kier alpha value is -2.20. The van der Waals surface area contributed by atoms with Gasteiger partial charge in [-0.2, -0.15) is 9.40 Å². The Morgan fingerprint density at radius 3 is 2.50 bits per heavy atom. The van der Waals surface area contributed by atoms with Crippen LogP contribution in [0.5, 0.6) is 0 Å². The van der Waals surface area contributed by atoms with Crippen molar-refractivity contribution >= 4 is 38.9 Å². The molecule has 32 heavy (non-hydrogen) atoms. The van der Waals surface area contributed by atoms with Crippen molar-refractivity contribution in [3.05, 3.63) is 63.8 Å². The molecule has 0 spiro atoms. The lowest BCUT2D eigenvalue weighted by Gasteiger charge is -2.13. The summed E-state index contributed by atoms with van der Waals surface area (Å²) < 4.78 is 29.0. The SMILES string of the molecule is CC(C)c1c(C(=O)NCc2ccc(S(=O)(=O)N3CCCC3)s2)cnn1-c1ccc(Cl)cc1. The van der Waals surface area contributed by atoms with E-state index >= 15 is 0 Å². The number of hydrogen-bond acceptors (Lipinski definition) is 5. The molecule has 0 atom stereocenters. The maximum absolute atomic E-state index is 12.9. The van der Waals surface area contributed by atoms with E-state index in [1.54, 1.807) is 35.1 Å². The minimum atomic E-state index is -3.44. The van der Waals surface area contributed by atoms with E-state index < -0.39 is 10.0 Å². The lowest BCUT2D eigenvalue weighted by Crippen LogP contribution is -2.27. The second-order valence-electron chi connectivity index (χ2n) is 8.00. The maximum Gasteiger partial charge on any atom is 0.255 e. The zero-order valence-electron chi connectivity index (χ0n) is 17.9. The number of nitrogens with zero attached hydrogens (tertiary/aromatic N) is 3. The van der Waals surface area contributed by atoms with Crippen LogP contribution in [0, 0.1) is 0 Å². The van der Waals surface area contributed by atoms with Crippen molar-refractivity contribution in [2.75, 3.05) is 13.1 Å². The average Bonchev–Trinajstić information content (AvgIpc) is 3.53. The summed E-state index contributed by atoms with van der Waals surface area (Å²) in [6.07, 6.45) is 3.36. The van der Waals surface area contributed by atoms with Crippen LogP contribution in [0.1, 0.15) is 53.5 Å². The van der Waals surface area contributed by atoms with Gasteiger partial charge in [-0.25, -0.2) is 13.1 Å². The number of carbonyl (C=O) groups excluding carboxylic acids is 1. The van der Waals surface area contributed by atoms with Gasteiger partial charge in [0.05, 0.1) is 29.7 Å². The second kappa shape index (κ2) is 9.35. The average molecular weight is 493 g/mol. The topological polar surface area (TPSA) is 84.3 Å². The zero-order valence-corrected chi connectivity index (χ0v) is 20.3. The molecule has 1 aromatic carbocycles. The summed E-state index contributed by atoms with van der Waals surface area (Å²) in [6.45, 7) is 5.41. The van der Waals surface area contributed by atoms with E-state index in [1.165, 1.54) is 15.6 Å². The zero-order chi connectivity index (χ0) is 22.9. The lowest BCUT2D eigenvalue weighted by molar-refractivity contribution is 0.0950. The van der Waals surface area contributed by atoms with E-state index in [4.69, 9.17) is 11.6 Å². The predicted molar refractivity (Wildman–Crippen MR) is 126 cm³/mol. The van der Waals surface area contributed by atoms with Crippen LogP contribution in [-0.2, 0) is 16.6 Å². The molecule has 170 valence electrons. The summed E-state index contributed by atoms with van der Waals surface area (Å²) in [6, 6.07) is 10.7. The van der Waals surface area contributed by atoms with Crippen LogP contribution in [0.2, 0.25) is 5.02 Å². The van der Waals surface area contributed by atoms with Crippen LogP contribution in [0.3, 0.4) is 0 Å². The van der Waals surface area contributed by atoms with Gasteiger partial charge in [-0.05, 0) is 55.2 Å². The summed E-state index contributed by atoms with van der Waals surface area (Å²) in [5.74, 6) is -0.181. The number of rotatable bonds is 7. The van der Waals surface area contributed by atoms with Crippen LogP contribution in [-0.4, -0.2) is 41.5 Å². The maximum atomic E-state index is 12.9. The number of amides is 1. The van der Waals surface area contributed by atoms with Gasteiger partial charge in [0.1, 0.15) is 4.21 Å². The molecule has 0 aliphatic carbocycles. The van der Waals surface area contributed by atoms with E-state index in [1.807, 2.05) is 26.0 Å². The summed E-state index contributed by atoms with van der Waals surface area (Å²) in [4.78, 5) is 13.7. The fourth-order valence-corrected chi connectivity index (χ4v) is 6.88. The minimum Gasteiger partial charge on any atom is -0.347 e. The standard InChI is InChI=1S/C22H25ClN4O3S2/c1-15(2)21-19(14-25-27(21)17-7-5-16(23)6-8-17)22(28)24-13-18-9-10-20(31-18)32(29,30)26-11-3-4-12-26/h5-10,14-15H,3-4,11-13H2,1-2H3,(H,24,28). The van der Waals surface area contributed by atoms with Gasteiger partial charge in [0.15, 0.2) is 0 Å². The Bertz CT molecular complexity index is 1210. The smallest absolute Gasteiger partial charge is 0.255 e. The first kappa shape index (κ1) is 23.0. The minimum absolute atomic E-state index is 0.0628.